The van der Waals surface area contributed by atoms with Crippen LogP contribution in [-0.4, -0.2) is 38.4 Å². The van der Waals surface area contributed by atoms with Crippen LogP contribution < -0.4 is 11.1 Å². The molecule has 3 amide bonds. The van der Waals surface area contributed by atoms with Crippen molar-refractivity contribution >= 4 is 39.8 Å². The third-order valence-electron chi connectivity index (χ3n) is 2.55. The highest BCUT2D eigenvalue weighted by molar-refractivity contribution is 9.10. The summed E-state index contributed by atoms with van der Waals surface area (Å²) in [6, 6.07) is -0.814. The van der Waals surface area contributed by atoms with Crippen molar-refractivity contribution in [3.8, 4) is 0 Å². The van der Waals surface area contributed by atoms with E-state index >= 15 is 0 Å². The first-order chi connectivity index (χ1) is 9.58. The summed E-state index contributed by atoms with van der Waals surface area (Å²) in [5.41, 5.74) is 4.81. The molecule has 0 aliphatic rings. The molecule has 0 aromatic rings. The van der Waals surface area contributed by atoms with E-state index in [4.69, 9.17) is 15.9 Å². The van der Waals surface area contributed by atoms with Gasteiger partial charge < -0.3 is 15.9 Å². The standard InChI is InChI=1S/C7H13BrN2O2.C5H8O4/c1-3-7(8,4-2)5(11)10-6(9)12;6-4(7)2-1-3-5(8)9/h3-4H2,1-2H3,(H3,9,10,11,12);1-3H2,(H,6,7)(H,8,9). The molecule has 8 nitrogen and oxygen atoms in total. The Morgan fingerprint density at radius 1 is 1.05 bits per heavy atom. The lowest BCUT2D eigenvalue weighted by molar-refractivity contribution is -0.138. The fraction of sp³-hybridized carbons (Fsp3) is 0.667. The van der Waals surface area contributed by atoms with Gasteiger partial charge in [0.25, 0.3) is 0 Å². The molecule has 0 spiro atoms. The number of carboxylic acids is 2. The second kappa shape index (κ2) is 11.1. The van der Waals surface area contributed by atoms with Crippen molar-refractivity contribution in [2.24, 2.45) is 5.73 Å². The highest BCUT2D eigenvalue weighted by Gasteiger charge is 2.32. The molecule has 0 fully saturated rings. The molecule has 21 heavy (non-hydrogen) atoms. The third-order valence-corrected chi connectivity index (χ3v) is 4.03. The summed E-state index contributed by atoms with van der Waals surface area (Å²) in [5, 5.41) is 18.1. The van der Waals surface area contributed by atoms with Gasteiger partial charge in [0.05, 0.1) is 0 Å². The van der Waals surface area contributed by atoms with Crippen LogP contribution in [0.4, 0.5) is 4.79 Å². The van der Waals surface area contributed by atoms with Gasteiger partial charge in [0, 0.05) is 12.8 Å². The van der Waals surface area contributed by atoms with Crippen LogP contribution in [0.1, 0.15) is 46.0 Å². The van der Waals surface area contributed by atoms with Gasteiger partial charge in [0.15, 0.2) is 0 Å². The van der Waals surface area contributed by atoms with Crippen LogP contribution in [0.5, 0.6) is 0 Å². The minimum atomic E-state index is -0.948. The SMILES string of the molecule is CCC(Br)(CC)C(=O)NC(N)=O.O=C(O)CCCC(=O)O. The Hall–Kier alpha value is -1.64. The van der Waals surface area contributed by atoms with Gasteiger partial charge in [0.1, 0.15) is 4.32 Å². The number of rotatable bonds is 7. The van der Waals surface area contributed by atoms with Gasteiger partial charge in [0.2, 0.25) is 5.91 Å². The van der Waals surface area contributed by atoms with Crippen molar-refractivity contribution in [3.05, 3.63) is 0 Å². The molecule has 0 radical (unpaired) electrons. The minimum absolute atomic E-state index is 0.0632. The maximum Gasteiger partial charge on any atom is 0.318 e. The zero-order valence-electron chi connectivity index (χ0n) is 12.0. The van der Waals surface area contributed by atoms with Crippen LogP contribution in [-0.2, 0) is 14.4 Å². The first-order valence-corrected chi connectivity index (χ1v) is 7.11. The van der Waals surface area contributed by atoms with Gasteiger partial charge in [-0.1, -0.05) is 29.8 Å². The second-order valence-corrected chi connectivity index (χ2v) is 5.65. The van der Waals surface area contributed by atoms with Crippen LogP contribution in [0, 0.1) is 0 Å². The predicted octanol–water partition coefficient (Wildman–Crippen LogP) is 1.46. The number of nitrogens with one attached hydrogen (secondary N) is 1. The molecule has 0 aliphatic carbocycles. The molecular weight excluding hydrogens is 348 g/mol. The summed E-state index contributed by atoms with van der Waals surface area (Å²) in [4.78, 5) is 41.2. The number of hydrogen-bond acceptors (Lipinski definition) is 4. The maximum absolute atomic E-state index is 11.3. The monoisotopic (exact) mass is 368 g/mol. The molecule has 0 heterocycles. The number of amides is 3. The van der Waals surface area contributed by atoms with Crippen molar-refractivity contribution in [1.82, 2.24) is 5.32 Å². The number of hydrogen-bond donors (Lipinski definition) is 4. The first-order valence-electron chi connectivity index (χ1n) is 6.32. The smallest absolute Gasteiger partial charge is 0.318 e. The van der Waals surface area contributed by atoms with Gasteiger partial charge in [-0.3, -0.25) is 19.7 Å². The number of carboxylic acid groups (broad SMARTS) is 2. The molecule has 122 valence electrons. The summed E-state index contributed by atoms with van der Waals surface area (Å²) < 4.78 is -0.665. The molecular formula is C12H21BrN2O6. The Balaban J connectivity index is 0. The first kappa shape index (κ1) is 21.7. The van der Waals surface area contributed by atoms with Crippen LogP contribution >= 0.6 is 15.9 Å². The number of urea groups is 1. The van der Waals surface area contributed by atoms with E-state index in [-0.39, 0.29) is 25.2 Å². The van der Waals surface area contributed by atoms with Gasteiger partial charge in [-0.05, 0) is 19.3 Å². The average molecular weight is 369 g/mol. The fourth-order valence-electron chi connectivity index (χ4n) is 1.19. The quantitative estimate of drug-likeness (QED) is 0.500. The number of carbonyl (C=O) groups is 4. The molecule has 0 aromatic heterocycles. The van der Waals surface area contributed by atoms with E-state index in [2.05, 4.69) is 15.9 Å². The van der Waals surface area contributed by atoms with E-state index < -0.39 is 22.3 Å². The highest BCUT2D eigenvalue weighted by Crippen LogP contribution is 2.26. The molecule has 0 aliphatic heterocycles. The zero-order chi connectivity index (χ0) is 17.1. The van der Waals surface area contributed by atoms with E-state index in [0.29, 0.717) is 12.8 Å². The molecule has 0 saturated heterocycles. The van der Waals surface area contributed by atoms with Crippen LogP contribution in [0.25, 0.3) is 0 Å². The Kier molecular flexibility index (Phi) is 11.4. The molecule has 0 aromatic carbocycles. The Morgan fingerprint density at radius 3 is 1.67 bits per heavy atom. The number of carbonyl (C=O) groups excluding carboxylic acids is 2. The zero-order valence-corrected chi connectivity index (χ0v) is 13.6. The second-order valence-electron chi connectivity index (χ2n) is 4.13. The highest BCUT2D eigenvalue weighted by atomic mass is 79.9. The average Bonchev–Trinajstić information content (AvgIpc) is 2.36. The fourth-order valence-corrected chi connectivity index (χ4v) is 1.28. The van der Waals surface area contributed by atoms with Crippen molar-refractivity contribution in [2.45, 2.75) is 50.3 Å². The van der Waals surface area contributed by atoms with Crippen molar-refractivity contribution < 1.29 is 29.4 Å². The van der Waals surface area contributed by atoms with E-state index in [9.17, 15) is 19.2 Å². The summed E-state index contributed by atoms with van der Waals surface area (Å²) in [5.74, 6) is -2.27. The minimum Gasteiger partial charge on any atom is -0.481 e. The molecule has 0 saturated carbocycles. The molecule has 0 bridgehead atoms. The summed E-state index contributed by atoms with van der Waals surface area (Å²) in [6.45, 7) is 3.72. The van der Waals surface area contributed by atoms with Crippen LogP contribution in [0.3, 0.4) is 0 Å². The van der Waals surface area contributed by atoms with Crippen molar-refractivity contribution in [2.75, 3.05) is 0 Å². The van der Waals surface area contributed by atoms with Gasteiger partial charge >= 0.3 is 18.0 Å². The summed E-state index contributed by atoms with van der Waals surface area (Å²) in [6.07, 6.45) is 1.31. The molecule has 5 N–H and O–H groups in total. The lowest BCUT2D eigenvalue weighted by Gasteiger charge is -2.21. The van der Waals surface area contributed by atoms with Gasteiger partial charge in [-0.25, -0.2) is 4.79 Å². The number of alkyl halides is 1. The van der Waals surface area contributed by atoms with Gasteiger partial charge in [-0.2, -0.15) is 0 Å². The van der Waals surface area contributed by atoms with Crippen LogP contribution in [0.15, 0.2) is 0 Å². The van der Waals surface area contributed by atoms with Crippen molar-refractivity contribution in [3.63, 3.8) is 0 Å². The van der Waals surface area contributed by atoms with E-state index in [0.717, 1.165) is 0 Å². The maximum atomic E-state index is 11.3. The van der Waals surface area contributed by atoms with Gasteiger partial charge in [-0.15, -0.1) is 0 Å². The number of aliphatic carboxylic acids is 2. The predicted molar refractivity (Wildman–Crippen MR) is 79.1 cm³/mol. The molecule has 0 rings (SSSR count). The third kappa shape index (κ3) is 11.9. The topological polar surface area (TPSA) is 147 Å². The molecule has 0 atom stereocenters. The van der Waals surface area contributed by atoms with E-state index in [1.54, 1.807) is 0 Å². The number of nitrogens with two attached hydrogens (primary N) is 1. The van der Waals surface area contributed by atoms with Crippen molar-refractivity contribution in [1.29, 1.82) is 0 Å². The number of primary amides is 1. The lowest BCUT2D eigenvalue weighted by atomic mass is 10.0. The van der Waals surface area contributed by atoms with Crippen LogP contribution in [0.2, 0.25) is 0 Å². The molecule has 9 heteroatoms. The summed E-state index contributed by atoms with van der Waals surface area (Å²) >= 11 is 3.26. The molecule has 0 unspecified atom stereocenters. The number of imide groups is 1. The lowest BCUT2D eigenvalue weighted by Crippen LogP contribution is -2.46. The largest absolute Gasteiger partial charge is 0.481 e. The Morgan fingerprint density at radius 2 is 1.43 bits per heavy atom. The van der Waals surface area contributed by atoms with E-state index in [1.807, 2.05) is 19.2 Å². The Labute approximate surface area is 131 Å². The van der Waals surface area contributed by atoms with E-state index in [1.165, 1.54) is 0 Å². The summed E-state index contributed by atoms with van der Waals surface area (Å²) in [7, 11) is 0. The Bertz CT molecular complexity index is 368. The normalized spacial score (nSPS) is 10.0. The number of halogens is 1.